The summed E-state index contributed by atoms with van der Waals surface area (Å²) in [6, 6.07) is 21.4. The molecule has 1 aliphatic rings. The lowest BCUT2D eigenvalue weighted by molar-refractivity contribution is 0.0749. The van der Waals surface area contributed by atoms with E-state index >= 15 is 0 Å². The van der Waals surface area contributed by atoms with Crippen LogP contribution < -0.4 is 10.6 Å². The molecule has 1 amide bonds. The number of hydrogen-bond donors (Lipinski definition) is 1. The molecule has 3 aromatic rings. The van der Waals surface area contributed by atoms with Crippen LogP contribution in [-0.4, -0.2) is 37.0 Å². The monoisotopic (exact) mass is 356 g/mol. The minimum absolute atomic E-state index is 0.0595. The molecule has 27 heavy (non-hydrogen) atoms. The van der Waals surface area contributed by atoms with Crippen LogP contribution in [0.1, 0.15) is 15.9 Å². The molecule has 0 atom stereocenters. The molecule has 0 aliphatic carbocycles. The molecule has 1 fully saturated rings. The zero-order valence-corrected chi connectivity index (χ0v) is 14.9. The Hall–Kier alpha value is -3.52. The fourth-order valence-corrected chi connectivity index (χ4v) is 3.65. The smallest absolute Gasteiger partial charge is 0.254 e. The first-order chi connectivity index (χ1) is 13.2. The van der Waals surface area contributed by atoms with Crippen LogP contribution in [0.2, 0.25) is 0 Å². The normalized spacial score (nSPS) is 14.2. The van der Waals surface area contributed by atoms with E-state index in [0.717, 1.165) is 22.0 Å². The standard InChI is InChI=1S/C22H20N4O/c23-15-17-14-18(24)8-9-21(17)25-10-12-26(13-11-25)22(27)20-7-3-5-16-4-1-2-6-19(16)20/h1-9,14H,10-13,24H2. The Kier molecular flexibility index (Phi) is 4.39. The van der Waals surface area contributed by atoms with Gasteiger partial charge in [0, 0.05) is 37.4 Å². The maximum Gasteiger partial charge on any atom is 0.254 e. The summed E-state index contributed by atoms with van der Waals surface area (Å²) in [6.07, 6.45) is 0. The van der Waals surface area contributed by atoms with Crippen LogP contribution in [-0.2, 0) is 0 Å². The molecule has 5 heteroatoms. The molecule has 0 aromatic heterocycles. The van der Waals surface area contributed by atoms with Gasteiger partial charge in [-0.05, 0) is 35.0 Å². The number of piperazine rings is 1. The average Bonchev–Trinajstić information content (AvgIpc) is 2.73. The number of nitrogens with two attached hydrogens (primary N) is 1. The van der Waals surface area contributed by atoms with Crippen LogP contribution in [0.4, 0.5) is 11.4 Å². The summed E-state index contributed by atoms with van der Waals surface area (Å²) in [5, 5.41) is 11.4. The van der Waals surface area contributed by atoms with Gasteiger partial charge in [0.1, 0.15) is 6.07 Å². The molecule has 4 rings (SSSR count). The first kappa shape index (κ1) is 16.9. The molecule has 0 spiro atoms. The third-order valence-electron chi connectivity index (χ3n) is 5.07. The number of hydrogen-bond acceptors (Lipinski definition) is 4. The fourth-order valence-electron chi connectivity index (χ4n) is 3.65. The van der Waals surface area contributed by atoms with E-state index in [1.54, 1.807) is 6.07 Å². The Morgan fingerprint density at radius 1 is 0.963 bits per heavy atom. The summed E-state index contributed by atoms with van der Waals surface area (Å²) in [7, 11) is 0. The van der Waals surface area contributed by atoms with E-state index in [0.29, 0.717) is 37.4 Å². The molecule has 0 saturated carbocycles. The van der Waals surface area contributed by atoms with Gasteiger partial charge in [-0.1, -0.05) is 36.4 Å². The Labute approximate surface area is 158 Å². The molecular formula is C22H20N4O. The molecule has 0 radical (unpaired) electrons. The third kappa shape index (κ3) is 3.18. The van der Waals surface area contributed by atoms with Crippen LogP contribution in [0, 0.1) is 11.3 Å². The second-order valence-electron chi connectivity index (χ2n) is 6.69. The molecule has 134 valence electrons. The highest BCUT2D eigenvalue weighted by atomic mass is 16.2. The van der Waals surface area contributed by atoms with Gasteiger partial charge in [0.05, 0.1) is 11.3 Å². The number of nitrogens with zero attached hydrogens (tertiary/aromatic N) is 3. The number of anilines is 2. The molecule has 0 bridgehead atoms. The van der Waals surface area contributed by atoms with Gasteiger partial charge in [-0.3, -0.25) is 4.79 Å². The predicted molar refractivity (Wildman–Crippen MR) is 108 cm³/mol. The highest BCUT2D eigenvalue weighted by molar-refractivity contribution is 6.07. The summed E-state index contributed by atoms with van der Waals surface area (Å²) in [5.74, 6) is 0.0595. The summed E-state index contributed by atoms with van der Waals surface area (Å²) in [4.78, 5) is 17.1. The van der Waals surface area contributed by atoms with E-state index in [9.17, 15) is 10.1 Å². The number of rotatable bonds is 2. The molecular weight excluding hydrogens is 336 g/mol. The van der Waals surface area contributed by atoms with Crippen LogP contribution in [0.15, 0.2) is 60.7 Å². The molecule has 1 saturated heterocycles. The van der Waals surface area contributed by atoms with Crippen molar-refractivity contribution in [2.24, 2.45) is 0 Å². The van der Waals surface area contributed by atoms with Gasteiger partial charge < -0.3 is 15.5 Å². The molecule has 1 heterocycles. The Morgan fingerprint density at radius 3 is 2.48 bits per heavy atom. The first-order valence-electron chi connectivity index (χ1n) is 8.99. The fraction of sp³-hybridized carbons (Fsp3) is 0.182. The number of nitrogen functional groups attached to an aromatic ring is 1. The number of fused-ring (bicyclic) bond motifs is 1. The van der Waals surface area contributed by atoms with E-state index in [1.807, 2.05) is 59.5 Å². The highest BCUT2D eigenvalue weighted by Gasteiger charge is 2.24. The second kappa shape index (κ2) is 7.00. The van der Waals surface area contributed by atoms with Crippen molar-refractivity contribution in [2.75, 3.05) is 36.8 Å². The Bertz CT molecular complexity index is 1040. The van der Waals surface area contributed by atoms with Crippen molar-refractivity contribution in [1.29, 1.82) is 5.26 Å². The van der Waals surface area contributed by atoms with E-state index < -0.39 is 0 Å². The average molecular weight is 356 g/mol. The number of carbonyl (C=O) groups excluding carboxylic acids is 1. The summed E-state index contributed by atoms with van der Waals surface area (Å²) in [6.45, 7) is 2.62. The summed E-state index contributed by atoms with van der Waals surface area (Å²) in [5.41, 5.74) is 8.56. The SMILES string of the molecule is N#Cc1cc(N)ccc1N1CCN(C(=O)c2cccc3ccccc23)CC1. The lowest BCUT2D eigenvalue weighted by Crippen LogP contribution is -2.49. The van der Waals surface area contributed by atoms with Crippen molar-refractivity contribution in [2.45, 2.75) is 0 Å². The number of amides is 1. The van der Waals surface area contributed by atoms with Gasteiger partial charge in [0.25, 0.3) is 5.91 Å². The Balaban J connectivity index is 1.53. The number of benzene rings is 3. The minimum atomic E-state index is 0.0595. The van der Waals surface area contributed by atoms with Gasteiger partial charge in [-0.2, -0.15) is 5.26 Å². The summed E-state index contributed by atoms with van der Waals surface area (Å²) >= 11 is 0. The number of nitriles is 1. The van der Waals surface area contributed by atoms with Crippen molar-refractivity contribution in [1.82, 2.24) is 4.90 Å². The van der Waals surface area contributed by atoms with Crippen LogP contribution in [0.5, 0.6) is 0 Å². The van der Waals surface area contributed by atoms with Crippen molar-refractivity contribution in [3.8, 4) is 6.07 Å². The van der Waals surface area contributed by atoms with Gasteiger partial charge in [-0.15, -0.1) is 0 Å². The Morgan fingerprint density at radius 2 is 1.70 bits per heavy atom. The van der Waals surface area contributed by atoms with Gasteiger partial charge >= 0.3 is 0 Å². The largest absolute Gasteiger partial charge is 0.399 e. The maximum absolute atomic E-state index is 13.1. The van der Waals surface area contributed by atoms with Crippen molar-refractivity contribution < 1.29 is 4.79 Å². The third-order valence-corrected chi connectivity index (χ3v) is 5.07. The zero-order valence-electron chi connectivity index (χ0n) is 14.9. The highest BCUT2D eigenvalue weighted by Crippen LogP contribution is 2.25. The molecule has 3 aromatic carbocycles. The maximum atomic E-state index is 13.1. The molecule has 2 N–H and O–H groups in total. The van der Waals surface area contributed by atoms with E-state index in [2.05, 4.69) is 11.0 Å². The van der Waals surface area contributed by atoms with Gasteiger partial charge in [0.15, 0.2) is 0 Å². The van der Waals surface area contributed by atoms with Crippen molar-refractivity contribution in [3.05, 3.63) is 71.8 Å². The van der Waals surface area contributed by atoms with E-state index in [-0.39, 0.29) is 5.91 Å². The molecule has 1 aliphatic heterocycles. The van der Waals surface area contributed by atoms with Gasteiger partial charge in [0.2, 0.25) is 0 Å². The van der Waals surface area contributed by atoms with Gasteiger partial charge in [-0.25, -0.2) is 0 Å². The van der Waals surface area contributed by atoms with Crippen molar-refractivity contribution in [3.63, 3.8) is 0 Å². The minimum Gasteiger partial charge on any atom is -0.399 e. The van der Waals surface area contributed by atoms with Crippen LogP contribution in [0.25, 0.3) is 10.8 Å². The zero-order chi connectivity index (χ0) is 18.8. The van der Waals surface area contributed by atoms with Crippen LogP contribution in [0.3, 0.4) is 0 Å². The summed E-state index contributed by atoms with van der Waals surface area (Å²) < 4.78 is 0. The van der Waals surface area contributed by atoms with E-state index in [1.165, 1.54) is 0 Å². The number of carbonyl (C=O) groups is 1. The van der Waals surface area contributed by atoms with Crippen molar-refractivity contribution >= 4 is 28.1 Å². The van der Waals surface area contributed by atoms with Crippen LogP contribution >= 0.6 is 0 Å². The lowest BCUT2D eigenvalue weighted by atomic mass is 10.0. The molecule has 0 unspecified atom stereocenters. The first-order valence-corrected chi connectivity index (χ1v) is 8.99. The quantitative estimate of drug-likeness (QED) is 0.715. The molecule has 5 nitrogen and oxygen atoms in total. The lowest BCUT2D eigenvalue weighted by Gasteiger charge is -2.36. The predicted octanol–water partition coefficient (Wildman–Crippen LogP) is 3.26. The topological polar surface area (TPSA) is 73.4 Å². The van der Waals surface area contributed by atoms with E-state index in [4.69, 9.17) is 5.73 Å². The second-order valence-corrected chi connectivity index (χ2v) is 6.69.